The summed E-state index contributed by atoms with van der Waals surface area (Å²) in [6.07, 6.45) is 0. The molecule has 2 amide bonds. The van der Waals surface area contributed by atoms with Crippen molar-refractivity contribution in [3.63, 3.8) is 0 Å². The van der Waals surface area contributed by atoms with Gasteiger partial charge in [0, 0.05) is 33.6 Å². The number of carbonyl (C=O) groups excluding carboxylic acids is 1. The highest BCUT2D eigenvalue weighted by Crippen LogP contribution is 2.36. The second-order valence-corrected chi connectivity index (χ2v) is 6.24. The van der Waals surface area contributed by atoms with Gasteiger partial charge in [0.2, 0.25) is 0 Å². The molecule has 21 heavy (non-hydrogen) atoms. The highest BCUT2D eigenvalue weighted by atomic mass is 35.5. The number of urea groups is 1. The smallest absolute Gasteiger partial charge is 0.326 e. The van der Waals surface area contributed by atoms with Crippen LogP contribution in [0.4, 0.5) is 21.9 Å². The maximum absolute atomic E-state index is 12.5. The number of amides is 2. The molecule has 3 N–H and O–H groups in total. The zero-order chi connectivity index (χ0) is 14.8. The van der Waals surface area contributed by atoms with Crippen LogP contribution in [0.25, 0.3) is 0 Å². The standard InChI is InChI=1S/C15H14ClN3OS/c16-10-2-1-3-12(8-10)18-15(20)19-6-7-21-14-5-4-11(17)9-13(14)19/h1-5,8-9H,6-7,17H2,(H,18,20). The number of thioether (sulfide) groups is 1. The van der Waals surface area contributed by atoms with Crippen LogP contribution in [0.5, 0.6) is 0 Å². The van der Waals surface area contributed by atoms with Crippen molar-refractivity contribution in [1.29, 1.82) is 0 Å². The molecule has 2 aromatic carbocycles. The molecule has 0 aromatic heterocycles. The van der Waals surface area contributed by atoms with Crippen LogP contribution in [-0.2, 0) is 0 Å². The lowest BCUT2D eigenvalue weighted by molar-refractivity contribution is 0.257. The Hall–Kier alpha value is -1.85. The zero-order valence-electron chi connectivity index (χ0n) is 11.2. The van der Waals surface area contributed by atoms with E-state index in [1.165, 1.54) is 0 Å². The van der Waals surface area contributed by atoms with E-state index in [9.17, 15) is 4.79 Å². The molecule has 1 aliphatic heterocycles. The number of halogens is 1. The van der Waals surface area contributed by atoms with Crippen molar-refractivity contribution in [3.8, 4) is 0 Å². The summed E-state index contributed by atoms with van der Waals surface area (Å²) in [6, 6.07) is 12.6. The van der Waals surface area contributed by atoms with Crippen LogP contribution >= 0.6 is 23.4 Å². The Balaban J connectivity index is 1.85. The number of benzene rings is 2. The number of nitrogens with two attached hydrogens (primary N) is 1. The van der Waals surface area contributed by atoms with Crippen molar-refractivity contribution in [2.75, 3.05) is 28.2 Å². The fourth-order valence-electron chi connectivity index (χ4n) is 2.20. The van der Waals surface area contributed by atoms with E-state index < -0.39 is 0 Å². The molecule has 0 fully saturated rings. The highest BCUT2D eigenvalue weighted by Gasteiger charge is 2.23. The Labute approximate surface area is 132 Å². The van der Waals surface area contributed by atoms with Crippen LogP contribution in [0.2, 0.25) is 5.02 Å². The summed E-state index contributed by atoms with van der Waals surface area (Å²) >= 11 is 7.66. The number of nitrogens with one attached hydrogen (secondary N) is 1. The van der Waals surface area contributed by atoms with Gasteiger partial charge in [-0.1, -0.05) is 17.7 Å². The summed E-state index contributed by atoms with van der Waals surface area (Å²) in [4.78, 5) is 15.3. The summed E-state index contributed by atoms with van der Waals surface area (Å²) in [6.45, 7) is 0.646. The largest absolute Gasteiger partial charge is 0.399 e. The molecule has 0 unspecified atom stereocenters. The summed E-state index contributed by atoms with van der Waals surface area (Å²) in [5.74, 6) is 0.861. The number of carbonyl (C=O) groups is 1. The number of nitrogens with zero attached hydrogens (tertiary/aromatic N) is 1. The predicted molar refractivity (Wildman–Crippen MR) is 89.4 cm³/mol. The number of anilines is 3. The first kappa shape index (κ1) is 14.1. The number of rotatable bonds is 1. The molecule has 0 saturated heterocycles. The van der Waals surface area contributed by atoms with Gasteiger partial charge in [0.1, 0.15) is 0 Å². The van der Waals surface area contributed by atoms with Crippen molar-refractivity contribution in [1.82, 2.24) is 0 Å². The molecule has 3 rings (SSSR count). The molecule has 0 atom stereocenters. The molecule has 0 saturated carbocycles. The third kappa shape index (κ3) is 3.09. The Morgan fingerprint density at radius 1 is 1.29 bits per heavy atom. The summed E-state index contributed by atoms with van der Waals surface area (Å²) in [5.41, 5.74) is 8.01. The molecule has 0 radical (unpaired) electrons. The summed E-state index contributed by atoms with van der Waals surface area (Å²) in [7, 11) is 0. The fraction of sp³-hybridized carbons (Fsp3) is 0.133. The Bertz CT molecular complexity index is 692. The number of fused-ring (bicyclic) bond motifs is 1. The molecule has 6 heteroatoms. The van der Waals surface area contributed by atoms with E-state index in [2.05, 4.69) is 5.32 Å². The minimum atomic E-state index is -0.176. The third-order valence-corrected chi connectivity index (χ3v) is 4.45. The van der Waals surface area contributed by atoms with Crippen molar-refractivity contribution in [3.05, 3.63) is 47.5 Å². The van der Waals surface area contributed by atoms with E-state index >= 15 is 0 Å². The molecular formula is C15H14ClN3OS. The molecule has 108 valence electrons. The van der Waals surface area contributed by atoms with Crippen molar-refractivity contribution in [2.24, 2.45) is 0 Å². The third-order valence-electron chi connectivity index (χ3n) is 3.17. The SMILES string of the molecule is Nc1ccc2c(c1)N(C(=O)Nc1cccc(Cl)c1)CCS2. The van der Waals surface area contributed by atoms with E-state index in [-0.39, 0.29) is 6.03 Å². The average molecular weight is 320 g/mol. The lowest BCUT2D eigenvalue weighted by atomic mass is 10.2. The van der Waals surface area contributed by atoms with Gasteiger partial charge in [-0.2, -0.15) is 0 Å². The predicted octanol–water partition coefficient (Wildman–Crippen LogP) is 4.07. The highest BCUT2D eigenvalue weighted by molar-refractivity contribution is 7.99. The molecule has 2 aromatic rings. The van der Waals surface area contributed by atoms with Gasteiger partial charge in [0.15, 0.2) is 0 Å². The van der Waals surface area contributed by atoms with Gasteiger partial charge in [-0.05, 0) is 36.4 Å². The normalized spacial score (nSPS) is 13.7. The molecule has 1 aliphatic rings. The minimum absolute atomic E-state index is 0.176. The van der Waals surface area contributed by atoms with Gasteiger partial charge in [0.25, 0.3) is 0 Å². The van der Waals surface area contributed by atoms with Crippen LogP contribution in [0, 0.1) is 0 Å². The van der Waals surface area contributed by atoms with Gasteiger partial charge in [-0.3, -0.25) is 4.90 Å². The second-order valence-electron chi connectivity index (χ2n) is 4.67. The molecule has 0 aliphatic carbocycles. The molecule has 0 spiro atoms. The topological polar surface area (TPSA) is 58.4 Å². The summed E-state index contributed by atoms with van der Waals surface area (Å²) < 4.78 is 0. The molecular weight excluding hydrogens is 306 g/mol. The van der Waals surface area contributed by atoms with Crippen molar-refractivity contribution >= 4 is 46.5 Å². The van der Waals surface area contributed by atoms with E-state index in [1.54, 1.807) is 34.9 Å². The van der Waals surface area contributed by atoms with E-state index in [0.29, 0.717) is 22.9 Å². The number of hydrogen-bond acceptors (Lipinski definition) is 3. The fourth-order valence-corrected chi connectivity index (χ4v) is 3.37. The average Bonchev–Trinajstić information content (AvgIpc) is 2.46. The van der Waals surface area contributed by atoms with Gasteiger partial charge in [-0.15, -0.1) is 11.8 Å². The van der Waals surface area contributed by atoms with E-state index in [1.807, 2.05) is 24.3 Å². The summed E-state index contributed by atoms with van der Waals surface area (Å²) in [5, 5.41) is 3.45. The lowest BCUT2D eigenvalue weighted by Crippen LogP contribution is -2.38. The minimum Gasteiger partial charge on any atom is -0.399 e. The maximum Gasteiger partial charge on any atom is 0.326 e. The second kappa shape index (κ2) is 5.87. The van der Waals surface area contributed by atoms with Crippen LogP contribution < -0.4 is 16.0 Å². The van der Waals surface area contributed by atoms with E-state index in [0.717, 1.165) is 16.3 Å². The Morgan fingerprint density at radius 3 is 2.95 bits per heavy atom. The van der Waals surface area contributed by atoms with Crippen LogP contribution in [0.1, 0.15) is 0 Å². The monoisotopic (exact) mass is 319 g/mol. The molecule has 0 bridgehead atoms. The maximum atomic E-state index is 12.5. The number of hydrogen-bond donors (Lipinski definition) is 2. The van der Waals surface area contributed by atoms with E-state index in [4.69, 9.17) is 17.3 Å². The lowest BCUT2D eigenvalue weighted by Gasteiger charge is -2.29. The first-order valence-electron chi connectivity index (χ1n) is 6.50. The van der Waals surface area contributed by atoms with Gasteiger partial charge in [-0.25, -0.2) is 4.79 Å². The first-order valence-corrected chi connectivity index (χ1v) is 7.86. The van der Waals surface area contributed by atoms with Gasteiger partial charge < -0.3 is 11.1 Å². The molecule has 4 nitrogen and oxygen atoms in total. The first-order chi connectivity index (χ1) is 10.1. The van der Waals surface area contributed by atoms with Crippen molar-refractivity contribution < 1.29 is 4.79 Å². The van der Waals surface area contributed by atoms with Crippen LogP contribution in [0.15, 0.2) is 47.4 Å². The Morgan fingerprint density at radius 2 is 2.14 bits per heavy atom. The Kier molecular flexibility index (Phi) is 3.94. The zero-order valence-corrected chi connectivity index (χ0v) is 12.7. The van der Waals surface area contributed by atoms with Crippen LogP contribution in [0.3, 0.4) is 0 Å². The van der Waals surface area contributed by atoms with Gasteiger partial charge >= 0.3 is 6.03 Å². The number of nitrogen functional groups attached to an aromatic ring is 1. The van der Waals surface area contributed by atoms with Gasteiger partial charge in [0.05, 0.1) is 5.69 Å². The quantitative estimate of drug-likeness (QED) is 0.779. The van der Waals surface area contributed by atoms with Crippen molar-refractivity contribution in [2.45, 2.75) is 4.90 Å². The van der Waals surface area contributed by atoms with Crippen LogP contribution in [-0.4, -0.2) is 18.3 Å². The molecule has 1 heterocycles.